The molecule has 2 aliphatic heterocycles. The third kappa shape index (κ3) is 3.24. The molecule has 182 valence electrons. The van der Waals surface area contributed by atoms with Gasteiger partial charge in [-0.05, 0) is 56.1 Å². The first-order chi connectivity index (χ1) is 17.5. The Balaban J connectivity index is 1.24. The highest BCUT2D eigenvalue weighted by atomic mass is 16.2. The quantitative estimate of drug-likeness (QED) is 0.457. The second kappa shape index (κ2) is 7.86. The van der Waals surface area contributed by atoms with Gasteiger partial charge >= 0.3 is 0 Å². The number of H-pyrrole nitrogens is 1. The van der Waals surface area contributed by atoms with E-state index in [-0.39, 0.29) is 17.1 Å². The van der Waals surface area contributed by atoms with Crippen LogP contribution in [0.3, 0.4) is 0 Å². The Labute approximate surface area is 208 Å². The van der Waals surface area contributed by atoms with Crippen molar-refractivity contribution in [3.8, 4) is 11.1 Å². The fourth-order valence-corrected chi connectivity index (χ4v) is 6.35. The number of aryl methyl sites for hydroxylation is 1. The second-order valence-electron chi connectivity index (χ2n) is 10.4. The van der Waals surface area contributed by atoms with Crippen LogP contribution in [0.4, 0.5) is 0 Å². The van der Waals surface area contributed by atoms with Crippen LogP contribution in [0.5, 0.6) is 0 Å². The Morgan fingerprint density at radius 3 is 2.83 bits per heavy atom. The van der Waals surface area contributed by atoms with Crippen molar-refractivity contribution in [2.24, 2.45) is 0 Å². The van der Waals surface area contributed by atoms with Gasteiger partial charge in [-0.3, -0.25) is 9.59 Å². The van der Waals surface area contributed by atoms with Crippen LogP contribution >= 0.6 is 0 Å². The minimum atomic E-state index is -0.0581. The summed E-state index contributed by atoms with van der Waals surface area (Å²) in [6.45, 7) is 5.75. The van der Waals surface area contributed by atoms with Crippen molar-refractivity contribution < 1.29 is 9.59 Å². The average molecular weight is 481 g/mol. The Morgan fingerprint density at radius 2 is 1.97 bits per heavy atom. The van der Waals surface area contributed by atoms with Gasteiger partial charge in [-0.25, -0.2) is 9.97 Å². The second-order valence-corrected chi connectivity index (χ2v) is 10.4. The summed E-state index contributed by atoms with van der Waals surface area (Å²) < 4.78 is 2.12. The van der Waals surface area contributed by atoms with Gasteiger partial charge in [0, 0.05) is 60.0 Å². The summed E-state index contributed by atoms with van der Waals surface area (Å²) in [4.78, 5) is 40.5. The number of carbonyl (C=O) groups excluding carboxylic acids is 2. The van der Waals surface area contributed by atoms with Gasteiger partial charge in [0.2, 0.25) is 0 Å². The van der Waals surface area contributed by atoms with Crippen molar-refractivity contribution >= 4 is 22.7 Å². The van der Waals surface area contributed by atoms with Gasteiger partial charge < -0.3 is 19.8 Å². The molecule has 0 bridgehead atoms. The summed E-state index contributed by atoms with van der Waals surface area (Å²) in [5.74, 6) is 1.14. The van der Waals surface area contributed by atoms with Crippen molar-refractivity contribution in [2.45, 2.75) is 44.7 Å². The molecule has 4 aromatic rings. The number of aromatic amines is 1. The number of hydrogen-bond donors (Lipinski definition) is 2. The molecular formula is C28H28N6O2. The molecule has 1 amide bonds. The molecule has 8 heteroatoms. The maximum Gasteiger partial charge on any atom is 0.255 e. The number of Topliss-reactive ketones (excluding diaryl/α,β-unsaturated/α-hetero) is 1. The zero-order chi connectivity index (χ0) is 24.4. The maximum atomic E-state index is 13.4. The van der Waals surface area contributed by atoms with E-state index < -0.39 is 0 Å². The number of nitrogens with one attached hydrogen (secondary N) is 2. The third-order valence-electron chi connectivity index (χ3n) is 8.25. The zero-order valence-electron chi connectivity index (χ0n) is 20.3. The van der Waals surface area contributed by atoms with Gasteiger partial charge in [0.15, 0.2) is 5.78 Å². The Morgan fingerprint density at radius 1 is 1.11 bits per heavy atom. The molecule has 1 spiro atoms. The van der Waals surface area contributed by atoms with E-state index >= 15 is 0 Å². The molecule has 0 unspecified atom stereocenters. The van der Waals surface area contributed by atoms with Crippen molar-refractivity contribution in [1.29, 1.82) is 0 Å². The predicted molar refractivity (Wildman–Crippen MR) is 136 cm³/mol. The lowest BCUT2D eigenvalue weighted by molar-refractivity contribution is 0.0707. The molecule has 7 rings (SSSR count). The highest BCUT2D eigenvalue weighted by Crippen LogP contribution is 2.46. The smallest absolute Gasteiger partial charge is 0.255 e. The highest BCUT2D eigenvalue weighted by molar-refractivity contribution is 6.04. The summed E-state index contributed by atoms with van der Waals surface area (Å²) in [6, 6.07) is 8.17. The normalized spacial score (nSPS) is 18.6. The lowest BCUT2D eigenvalue weighted by Crippen LogP contribution is -2.38. The number of pyridine rings is 1. The molecule has 5 heterocycles. The van der Waals surface area contributed by atoms with Gasteiger partial charge in [0.1, 0.15) is 11.5 Å². The summed E-state index contributed by atoms with van der Waals surface area (Å²) >= 11 is 0. The van der Waals surface area contributed by atoms with Crippen LogP contribution in [-0.2, 0) is 18.5 Å². The SMILES string of the molecule is Cc1cn2c(n1)CN(C(=O)c1cnc3[nH]cc(-c4ccc5c(c4)C4(CCNCC4)CC5=O)c3c1)CC2. The Bertz CT molecular complexity index is 1540. The van der Waals surface area contributed by atoms with E-state index in [2.05, 4.69) is 30.9 Å². The van der Waals surface area contributed by atoms with E-state index in [1.165, 1.54) is 5.56 Å². The molecule has 1 aliphatic carbocycles. The van der Waals surface area contributed by atoms with Crippen LogP contribution in [-0.4, -0.2) is 55.7 Å². The van der Waals surface area contributed by atoms with Crippen molar-refractivity contribution in [1.82, 2.24) is 29.7 Å². The van der Waals surface area contributed by atoms with Crippen LogP contribution in [0, 0.1) is 6.92 Å². The number of fused-ring (bicyclic) bond motifs is 4. The highest BCUT2D eigenvalue weighted by Gasteiger charge is 2.44. The average Bonchev–Trinajstić information content (AvgIpc) is 3.56. The topological polar surface area (TPSA) is 95.9 Å². The van der Waals surface area contributed by atoms with Crippen LogP contribution in [0.2, 0.25) is 0 Å². The van der Waals surface area contributed by atoms with Crippen LogP contribution in [0.15, 0.2) is 42.9 Å². The van der Waals surface area contributed by atoms with E-state index in [9.17, 15) is 9.59 Å². The number of rotatable bonds is 2. The summed E-state index contributed by atoms with van der Waals surface area (Å²) in [5, 5.41) is 4.35. The molecule has 2 N–H and O–H groups in total. The Kier molecular flexibility index (Phi) is 4.70. The number of benzene rings is 1. The van der Waals surface area contributed by atoms with Gasteiger partial charge in [0.05, 0.1) is 17.8 Å². The van der Waals surface area contributed by atoms with E-state index in [1.54, 1.807) is 6.20 Å². The molecule has 1 aromatic carbocycles. The van der Waals surface area contributed by atoms with Gasteiger partial charge in [-0.1, -0.05) is 12.1 Å². The minimum Gasteiger partial charge on any atom is -0.346 e. The third-order valence-corrected chi connectivity index (χ3v) is 8.25. The van der Waals surface area contributed by atoms with Crippen molar-refractivity contribution in [3.05, 3.63) is 71.1 Å². The van der Waals surface area contributed by atoms with Crippen LogP contribution < -0.4 is 5.32 Å². The van der Waals surface area contributed by atoms with Gasteiger partial charge in [-0.15, -0.1) is 0 Å². The number of hydrogen-bond acceptors (Lipinski definition) is 5. The number of nitrogens with zero attached hydrogens (tertiary/aromatic N) is 4. The first-order valence-corrected chi connectivity index (χ1v) is 12.7. The zero-order valence-corrected chi connectivity index (χ0v) is 20.3. The van der Waals surface area contributed by atoms with Gasteiger partial charge in [0.25, 0.3) is 5.91 Å². The monoisotopic (exact) mass is 480 g/mol. The molecule has 8 nitrogen and oxygen atoms in total. The molecule has 36 heavy (non-hydrogen) atoms. The number of piperidine rings is 1. The van der Waals surface area contributed by atoms with Crippen molar-refractivity contribution in [2.75, 3.05) is 19.6 Å². The summed E-state index contributed by atoms with van der Waals surface area (Å²) in [6.07, 6.45) is 8.22. The molecule has 0 radical (unpaired) electrons. The maximum absolute atomic E-state index is 13.4. The fraction of sp³-hybridized carbons (Fsp3) is 0.357. The molecule has 0 atom stereocenters. The molecule has 3 aromatic heterocycles. The lowest BCUT2D eigenvalue weighted by Gasteiger charge is -2.34. The van der Waals surface area contributed by atoms with Crippen molar-refractivity contribution in [3.63, 3.8) is 0 Å². The largest absolute Gasteiger partial charge is 0.346 e. The minimum absolute atomic E-state index is 0.0309. The summed E-state index contributed by atoms with van der Waals surface area (Å²) in [5.41, 5.74) is 6.34. The number of aromatic nitrogens is 4. The van der Waals surface area contributed by atoms with E-state index in [4.69, 9.17) is 0 Å². The lowest BCUT2D eigenvalue weighted by atomic mass is 9.74. The number of amides is 1. The number of imidazole rings is 1. The van der Waals surface area contributed by atoms with E-state index in [0.717, 1.165) is 71.7 Å². The van der Waals surface area contributed by atoms with E-state index in [1.807, 2.05) is 42.4 Å². The first-order valence-electron chi connectivity index (χ1n) is 12.7. The van der Waals surface area contributed by atoms with Gasteiger partial charge in [-0.2, -0.15) is 0 Å². The fourth-order valence-electron chi connectivity index (χ4n) is 6.35. The standard InChI is InChI=1S/C28H28N6O2/c1-17-15-33-8-9-34(16-25(33)32-17)27(36)19-10-21-22(14-31-26(21)30-13-19)18-2-3-20-23(11-18)28(12-24(20)35)4-6-29-7-5-28/h2-3,10-11,13-15,29H,4-9,12,16H2,1H3,(H,30,31). The summed E-state index contributed by atoms with van der Waals surface area (Å²) in [7, 11) is 0. The molecular weight excluding hydrogens is 452 g/mol. The first kappa shape index (κ1) is 21.5. The van der Waals surface area contributed by atoms with E-state index in [0.29, 0.717) is 25.1 Å². The number of carbonyl (C=O) groups is 2. The molecule has 0 saturated carbocycles. The molecule has 1 fully saturated rings. The predicted octanol–water partition coefficient (Wildman–Crippen LogP) is 3.60. The van der Waals surface area contributed by atoms with Crippen LogP contribution in [0.1, 0.15) is 57.1 Å². The Hall–Kier alpha value is -3.78. The number of ketones is 1. The van der Waals surface area contributed by atoms with Crippen LogP contribution in [0.25, 0.3) is 22.2 Å². The molecule has 3 aliphatic rings. The molecule has 1 saturated heterocycles.